The van der Waals surface area contributed by atoms with Gasteiger partial charge in [-0.15, -0.1) is 0 Å². The molecule has 0 N–H and O–H groups in total. The number of hydrogen-bond donors (Lipinski definition) is 0. The molecule has 0 bridgehead atoms. The molecular formula is C16H16ClN. The number of allylic oxidation sites excluding steroid dienone is 1. The lowest BCUT2D eigenvalue weighted by Gasteiger charge is -2.09. The zero-order valence-electron chi connectivity index (χ0n) is 10.6. The predicted octanol–water partition coefficient (Wildman–Crippen LogP) is 4.82. The van der Waals surface area contributed by atoms with Crippen LogP contribution in [0.25, 0.3) is 5.57 Å². The highest BCUT2D eigenvalue weighted by atomic mass is 35.5. The molecule has 0 atom stereocenters. The second kappa shape index (κ2) is 5.83. The molecule has 0 spiro atoms. The number of hydrogen-bond acceptors (Lipinski definition) is 1. The van der Waals surface area contributed by atoms with Crippen LogP contribution in [-0.2, 0) is 0 Å². The van der Waals surface area contributed by atoms with Gasteiger partial charge in [0.1, 0.15) is 0 Å². The standard InChI is InChI=1S/C16H16ClN/c1-12(2)11-15(16-5-3-4-10-18-16)13-6-8-14(17)9-7-13/h3-12H,1-2H3/b15-11-. The Balaban J connectivity index is 2.47. The summed E-state index contributed by atoms with van der Waals surface area (Å²) in [4.78, 5) is 4.43. The van der Waals surface area contributed by atoms with Gasteiger partial charge in [-0.2, -0.15) is 0 Å². The fourth-order valence-electron chi connectivity index (χ4n) is 1.81. The SMILES string of the molecule is CC(C)/C=C(/c1ccc(Cl)cc1)c1ccccn1. The average molecular weight is 258 g/mol. The van der Waals surface area contributed by atoms with E-state index in [1.165, 1.54) is 0 Å². The molecule has 2 rings (SSSR count). The minimum Gasteiger partial charge on any atom is -0.256 e. The van der Waals surface area contributed by atoms with E-state index >= 15 is 0 Å². The first kappa shape index (κ1) is 12.8. The van der Waals surface area contributed by atoms with Gasteiger partial charge in [-0.3, -0.25) is 4.98 Å². The van der Waals surface area contributed by atoms with E-state index < -0.39 is 0 Å². The first-order valence-electron chi connectivity index (χ1n) is 6.06. The van der Waals surface area contributed by atoms with E-state index in [4.69, 9.17) is 11.6 Å². The van der Waals surface area contributed by atoms with Crippen LogP contribution in [0.1, 0.15) is 25.1 Å². The second-order valence-electron chi connectivity index (χ2n) is 4.55. The minimum absolute atomic E-state index is 0.470. The Morgan fingerprint density at radius 3 is 2.39 bits per heavy atom. The molecule has 2 aromatic rings. The molecule has 0 radical (unpaired) electrons. The third kappa shape index (κ3) is 3.21. The van der Waals surface area contributed by atoms with Crippen molar-refractivity contribution < 1.29 is 0 Å². The van der Waals surface area contributed by atoms with Gasteiger partial charge in [0.05, 0.1) is 5.69 Å². The molecule has 0 aliphatic rings. The Hall–Kier alpha value is -1.60. The Bertz CT molecular complexity index is 527. The molecule has 0 amide bonds. The lowest BCUT2D eigenvalue weighted by Crippen LogP contribution is -1.93. The van der Waals surface area contributed by atoms with Gasteiger partial charge in [0.15, 0.2) is 0 Å². The summed E-state index contributed by atoms with van der Waals surface area (Å²) in [5.41, 5.74) is 3.29. The van der Waals surface area contributed by atoms with Crippen molar-refractivity contribution in [2.45, 2.75) is 13.8 Å². The van der Waals surface area contributed by atoms with Crippen LogP contribution in [0.5, 0.6) is 0 Å². The number of halogens is 1. The summed E-state index contributed by atoms with van der Waals surface area (Å²) in [5, 5.41) is 0.753. The summed E-state index contributed by atoms with van der Waals surface area (Å²) in [6, 6.07) is 13.9. The molecule has 0 saturated heterocycles. The van der Waals surface area contributed by atoms with Crippen molar-refractivity contribution in [2.24, 2.45) is 5.92 Å². The summed E-state index contributed by atoms with van der Waals surface area (Å²) < 4.78 is 0. The summed E-state index contributed by atoms with van der Waals surface area (Å²) in [6.07, 6.45) is 4.05. The number of benzene rings is 1. The highest BCUT2D eigenvalue weighted by molar-refractivity contribution is 6.30. The van der Waals surface area contributed by atoms with Crippen LogP contribution in [0, 0.1) is 5.92 Å². The van der Waals surface area contributed by atoms with Crippen LogP contribution < -0.4 is 0 Å². The van der Waals surface area contributed by atoms with Gasteiger partial charge in [-0.05, 0) is 35.7 Å². The zero-order chi connectivity index (χ0) is 13.0. The fourth-order valence-corrected chi connectivity index (χ4v) is 1.94. The van der Waals surface area contributed by atoms with E-state index in [9.17, 15) is 0 Å². The number of pyridine rings is 1. The van der Waals surface area contributed by atoms with Crippen molar-refractivity contribution in [3.8, 4) is 0 Å². The molecule has 18 heavy (non-hydrogen) atoms. The number of aromatic nitrogens is 1. The van der Waals surface area contributed by atoms with Crippen LogP contribution in [-0.4, -0.2) is 4.98 Å². The molecule has 92 valence electrons. The molecule has 2 heteroatoms. The largest absolute Gasteiger partial charge is 0.256 e. The van der Waals surface area contributed by atoms with E-state index in [-0.39, 0.29) is 0 Å². The topological polar surface area (TPSA) is 12.9 Å². The first-order chi connectivity index (χ1) is 8.66. The van der Waals surface area contributed by atoms with Crippen molar-refractivity contribution in [1.82, 2.24) is 4.98 Å². The van der Waals surface area contributed by atoms with Gasteiger partial charge < -0.3 is 0 Å². The van der Waals surface area contributed by atoms with Gasteiger partial charge in [0.25, 0.3) is 0 Å². The van der Waals surface area contributed by atoms with Crippen LogP contribution in [0.3, 0.4) is 0 Å². The Kier molecular flexibility index (Phi) is 4.16. The maximum absolute atomic E-state index is 5.93. The maximum atomic E-state index is 5.93. The number of nitrogens with zero attached hydrogens (tertiary/aromatic N) is 1. The highest BCUT2D eigenvalue weighted by Crippen LogP contribution is 2.24. The third-order valence-corrected chi connectivity index (χ3v) is 2.85. The van der Waals surface area contributed by atoms with Gasteiger partial charge in [0, 0.05) is 16.8 Å². The van der Waals surface area contributed by atoms with Crippen LogP contribution in [0.15, 0.2) is 54.7 Å². The van der Waals surface area contributed by atoms with Gasteiger partial charge >= 0.3 is 0 Å². The van der Waals surface area contributed by atoms with E-state index in [0.29, 0.717) is 5.92 Å². The van der Waals surface area contributed by atoms with Crippen molar-refractivity contribution in [1.29, 1.82) is 0 Å². The first-order valence-corrected chi connectivity index (χ1v) is 6.44. The maximum Gasteiger partial charge on any atom is 0.0704 e. The lowest BCUT2D eigenvalue weighted by molar-refractivity contribution is 0.833. The molecule has 0 saturated carbocycles. The van der Waals surface area contributed by atoms with E-state index in [1.807, 2.05) is 48.7 Å². The molecule has 0 aliphatic carbocycles. The summed E-state index contributed by atoms with van der Waals surface area (Å²) in [7, 11) is 0. The van der Waals surface area contributed by atoms with Crippen molar-refractivity contribution in [2.75, 3.05) is 0 Å². The second-order valence-corrected chi connectivity index (χ2v) is 4.98. The van der Waals surface area contributed by atoms with Crippen molar-refractivity contribution >= 4 is 17.2 Å². The van der Waals surface area contributed by atoms with Crippen LogP contribution >= 0.6 is 11.6 Å². The van der Waals surface area contributed by atoms with Gasteiger partial charge in [0.2, 0.25) is 0 Å². The smallest absolute Gasteiger partial charge is 0.0704 e. The molecule has 1 heterocycles. The van der Waals surface area contributed by atoms with Crippen LogP contribution in [0.4, 0.5) is 0 Å². The Morgan fingerprint density at radius 2 is 1.83 bits per heavy atom. The molecule has 0 unspecified atom stereocenters. The van der Waals surface area contributed by atoms with Crippen molar-refractivity contribution in [3.05, 3.63) is 71.0 Å². The van der Waals surface area contributed by atoms with E-state index in [2.05, 4.69) is 24.9 Å². The predicted molar refractivity (Wildman–Crippen MR) is 77.6 cm³/mol. The summed E-state index contributed by atoms with van der Waals surface area (Å²) >= 11 is 5.93. The minimum atomic E-state index is 0.470. The lowest BCUT2D eigenvalue weighted by atomic mass is 9.98. The zero-order valence-corrected chi connectivity index (χ0v) is 11.4. The average Bonchev–Trinajstić information content (AvgIpc) is 2.38. The summed E-state index contributed by atoms with van der Waals surface area (Å²) in [6.45, 7) is 4.33. The summed E-state index contributed by atoms with van der Waals surface area (Å²) in [5.74, 6) is 0.470. The van der Waals surface area contributed by atoms with Crippen molar-refractivity contribution in [3.63, 3.8) is 0 Å². The fraction of sp³-hybridized carbons (Fsp3) is 0.188. The molecule has 0 aliphatic heterocycles. The number of rotatable bonds is 3. The quantitative estimate of drug-likeness (QED) is 0.768. The highest BCUT2D eigenvalue weighted by Gasteiger charge is 2.06. The normalized spacial score (nSPS) is 11.9. The molecular weight excluding hydrogens is 242 g/mol. The van der Waals surface area contributed by atoms with E-state index in [0.717, 1.165) is 21.9 Å². The molecule has 1 nitrogen and oxygen atoms in total. The molecule has 1 aromatic heterocycles. The van der Waals surface area contributed by atoms with Gasteiger partial charge in [-0.1, -0.05) is 49.7 Å². The molecule has 1 aromatic carbocycles. The third-order valence-electron chi connectivity index (χ3n) is 2.60. The molecule has 0 fully saturated rings. The Labute approximate surface area is 113 Å². The monoisotopic (exact) mass is 257 g/mol. The van der Waals surface area contributed by atoms with Crippen LogP contribution in [0.2, 0.25) is 5.02 Å². The van der Waals surface area contributed by atoms with E-state index in [1.54, 1.807) is 0 Å². The Morgan fingerprint density at radius 1 is 1.11 bits per heavy atom. The van der Waals surface area contributed by atoms with Gasteiger partial charge in [-0.25, -0.2) is 0 Å².